The number of benzene rings is 4. The van der Waals surface area contributed by atoms with Gasteiger partial charge in [-0.1, -0.05) is 71.7 Å². The molecule has 1 atom stereocenters. The maximum Gasteiger partial charge on any atom is 0.344 e. The lowest BCUT2D eigenvalue weighted by Gasteiger charge is -2.27. The molecule has 5 nitrogen and oxygen atoms in total. The van der Waals surface area contributed by atoms with Crippen LogP contribution in [-0.2, 0) is 0 Å². The van der Waals surface area contributed by atoms with Gasteiger partial charge < -0.3 is 15.2 Å². The van der Waals surface area contributed by atoms with Gasteiger partial charge in [-0.3, -0.25) is 0 Å². The van der Waals surface area contributed by atoms with E-state index in [0.29, 0.717) is 32.5 Å². The number of ether oxygens (including phenoxy) is 2. The molecule has 5 rings (SSSR count). The van der Waals surface area contributed by atoms with Crippen molar-refractivity contribution >= 4 is 39.9 Å². The molecule has 2 N–H and O–H groups in total. The van der Waals surface area contributed by atoms with E-state index in [1.807, 2.05) is 36.4 Å². The number of hydrogen-bond acceptors (Lipinski definition) is 5. The van der Waals surface area contributed by atoms with Gasteiger partial charge in [0.2, 0.25) is 5.88 Å². The summed E-state index contributed by atoms with van der Waals surface area (Å²) in [5.41, 5.74) is 7.90. The molecule has 0 fully saturated rings. The molecule has 1 heterocycles. The van der Waals surface area contributed by atoms with E-state index in [2.05, 4.69) is 6.07 Å². The molecule has 0 aromatic heterocycles. The molecule has 1 unspecified atom stereocenters. The maximum absolute atomic E-state index is 13.0. The molecule has 0 bridgehead atoms. The maximum atomic E-state index is 13.0. The number of carbonyl (C=O) groups excluding carboxylic acids is 1. The van der Waals surface area contributed by atoms with E-state index in [1.165, 1.54) is 0 Å². The van der Waals surface area contributed by atoms with Gasteiger partial charge in [-0.25, -0.2) is 4.79 Å². The third kappa shape index (κ3) is 3.73. The summed E-state index contributed by atoms with van der Waals surface area (Å²) in [6.45, 7) is 0. The molecular weight excluding hydrogens is 471 g/mol. The average Bonchev–Trinajstić information content (AvgIpc) is 2.83. The number of fused-ring (bicyclic) bond motifs is 2. The van der Waals surface area contributed by atoms with E-state index in [4.69, 9.17) is 38.4 Å². The summed E-state index contributed by atoms with van der Waals surface area (Å²) < 4.78 is 11.4. The summed E-state index contributed by atoms with van der Waals surface area (Å²) in [6, 6.07) is 25.2. The third-order valence-corrected chi connectivity index (χ3v) is 6.36. The van der Waals surface area contributed by atoms with Crippen LogP contribution >= 0.6 is 23.2 Å². The third-order valence-electron chi connectivity index (χ3n) is 5.70. The van der Waals surface area contributed by atoms with Crippen molar-refractivity contribution in [2.75, 3.05) is 0 Å². The topological polar surface area (TPSA) is 85.3 Å². The van der Waals surface area contributed by atoms with Gasteiger partial charge in [-0.2, -0.15) is 5.26 Å². The van der Waals surface area contributed by atoms with E-state index in [9.17, 15) is 10.1 Å². The van der Waals surface area contributed by atoms with E-state index >= 15 is 0 Å². The van der Waals surface area contributed by atoms with Crippen LogP contribution < -0.4 is 15.2 Å². The van der Waals surface area contributed by atoms with Crippen molar-refractivity contribution in [2.24, 2.45) is 5.73 Å². The smallest absolute Gasteiger partial charge is 0.344 e. The molecule has 34 heavy (non-hydrogen) atoms. The Morgan fingerprint density at radius 2 is 1.68 bits per heavy atom. The number of halogens is 2. The lowest BCUT2D eigenvalue weighted by atomic mass is 9.83. The van der Waals surface area contributed by atoms with Crippen LogP contribution in [0.2, 0.25) is 10.0 Å². The highest BCUT2D eigenvalue weighted by atomic mass is 35.5. The fraction of sp³-hybridized carbons (Fsp3) is 0.0370. The largest absolute Gasteiger partial charge is 0.440 e. The summed E-state index contributed by atoms with van der Waals surface area (Å²) in [7, 11) is 0. The number of carbonyl (C=O) groups is 1. The second-order valence-electron chi connectivity index (χ2n) is 7.68. The minimum atomic E-state index is -0.627. The standard InChI is InChI=1S/C27H16Cl2N2O3/c28-21-9-4-10-22(29)25(21)24-19-12-11-16(13-23(19)34-26(31)20(24)14-30)33-27(32)18-8-3-6-15-5-1-2-7-17(15)18/h1-13,24H,31H2. The minimum absolute atomic E-state index is 0.0616. The van der Waals surface area contributed by atoms with Gasteiger partial charge in [0.25, 0.3) is 0 Å². The summed E-state index contributed by atoms with van der Waals surface area (Å²) in [5, 5.41) is 12.3. The first-order valence-corrected chi connectivity index (χ1v) is 11.1. The lowest BCUT2D eigenvalue weighted by molar-refractivity contribution is 0.0736. The van der Waals surface area contributed by atoms with Crippen molar-refractivity contribution in [3.05, 3.63) is 117 Å². The Kier molecular flexibility index (Phi) is 5.62. The van der Waals surface area contributed by atoms with Gasteiger partial charge in [-0.15, -0.1) is 0 Å². The average molecular weight is 487 g/mol. The van der Waals surface area contributed by atoms with Crippen LogP contribution in [0.25, 0.3) is 10.8 Å². The Bertz CT molecular complexity index is 1510. The minimum Gasteiger partial charge on any atom is -0.440 e. The Balaban J connectivity index is 1.54. The summed E-state index contributed by atoms with van der Waals surface area (Å²) >= 11 is 12.9. The monoisotopic (exact) mass is 486 g/mol. The first-order chi connectivity index (χ1) is 16.5. The van der Waals surface area contributed by atoms with Crippen molar-refractivity contribution in [2.45, 2.75) is 5.92 Å². The quantitative estimate of drug-likeness (QED) is 0.261. The van der Waals surface area contributed by atoms with Crippen LogP contribution in [-0.4, -0.2) is 5.97 Å². The molecular formula is C27H16Cl2N2O3. The van der Waals surface area contributed by atoms with Crippen molar-refractivity contribution in [1.29, 1.82) is 5.26 Å². The number of esters is 1. The van der Waals surface area contributed by atoms with Crippen molar-refractivity contribution < 1.29 is 14.3 Å². The van der Waals surface area contributed by atoms with Crippen LogP contribution in [0.1, 0.15) is 27.4 Å². The highest BCUT2D eigenvalue weighted by Gasteiger charge is 2.33. The van der Waals surface area contributed by atoms with E-state index in [1.54, 1.807) is 42.5 Å². The SMILES string of the molecule is N#CC1=C(N)Oc2cc(OC(=O)c3cccc4ccccc34)ccc2C1c1c(Cl)cccc1Cl. The number of nitriles is 1. The molecule has 1 aliphatic heterocycles. The van der Waals surface area contributed by atoms with Gasteiger partial charge in [-0.05, 0) is 35.0 Å². The first-order valence-electron chi connectivity index (χ1n) is 10.3. The highest BCUT2D eigenvalue weighted by molar-refractivity contribution is 6.36. The number of nitrogens with two attached hydrogens (primary N) is 1. The van der Waals surface area contributed by atoms with Crippen LogP contribution in [0.5, 0.6) is 11.5 Å². The van der Waals surface area contributed by atoms with Gasteiger partial charge in [0.1, 0.15) is 23.1 Å². The van der Waals surface area contributed by atoms with Gasteiger partial charge in [0, 0.05) is 27.2 Å². The Labute approximate surface area is 205 Å². The van der Waals surface area contributed by atoms with Crippen LogP contribution in [0.15, 0.2) is 90.3 Å². The molecule has 4 aromatic carbocycles. The molecule has 0 aliphatic carbocycles. The summed E-state index contributed by atoms with van der Waals surface area (Å²) in [5.74, 6) is -0.569. The second kappa shape index (κ2) is 8.75. The number of hydrogen-bond donors (Lipinski definition) is 1. The van der Waals surface area contributed by atoms with Gasteiger partial charge >= 0.3 is 5.97 Å². The van der Waals surface area contributed by atoms with Gasteiger partial charge in [0.05, 0.1) is 11.5 Å². The molecule has 1 aliphatic rings. The van der Waals surface area contributed by atoms with Crippen LogP contribution in [0, 0.1) is 11.3 Å². The van der Waals surface area contributed by atoms with Crippen molar-refractivity contribution in [3.8, 4) is 17.6 Å². The summed E-state index contributed by atoms with van der Waals surface area (Å²) in [6.07, 6.45) is 0. The second-order valence-corrected chi connectivity index (χ2v) is 8.49. The zero-order valence-electron chi connectivity index (χ0n) is 17.6. The molecule has 4 aromatic rings. The van der Waals surface area contributed by atoms with Crippen LogP contribution in [0.3, 0.4) is 0 Å². The Hall–Kier alpha value is -3.98. The van der Waals surface area contributed by atoms with E-state index in [-0.39, 0.29) is 17.2 Å². The van der Waals surface area contributed by atoms with Crippen LogP contribution in [0.4, 0.5) is 0 Å². The molecule has 166 valence electrons. The number of nitrogens with zero attached hydrogens (tertiary/aromatic N) is 1. The molecule has 0 saturated carbocycles. The first kappa shape index (κ1) is 21.8. The fourth-order valence-electron chi connectivity index (χ4n) is 4.15. The van der Waals surface area contributed by atoms with Gasteiger partial charge in [0.15, 0.2) is 0 Å². The highest BCUT2D eigenvalue weighted by Crippen LogP contribution is 2.47. The Morgan fingerprint density at radius 3 is 2.44 bits per heavy atom. The zero-order valence-corrected chi connectivity index (χ0v) is 19.1. The fourth-order valence-corrected chi connectivity index (χ4v) is 4.76. The number of allylic oxidation sites excluding steroid dienone is 1. The van der Waals surface area contributed by atoms with Crippen molar-refractivity contribution in [3.63, 3.8) is 0 Å². The van der Waals surface area contributed by atoms with Crippen molar-refractivity contribution in [1.82, 2.24) is 0 Å². The number of rotatable bonds is 3. The zero-order chi connectivity index (χ0) is 23.8. The molecule has 0 amide bonds. The summed E-state index contributed by atoms with van der Waals surface area (Å²) in [4.78, 5) is 13.0. The predicted molar refractivity (Wildman–Crippen MR) is 131 cm³/mol. The van der Waals surface area contributed by atoms with E-state index < -0.39 is 11.9 Å². The molecule has 0 spiro atoms. The molecule has 7 heteroatoms. The Morgan fingerprint density at radius 1 is 0.971 bits per heavy atom. The molecule has 0 saturated heterocycles. The van der Waals surface area contributed by atoms with E-state index in [0.717, 1.165) is 10.8 Å². The normalized spacial score (nSPS) is 14.8. The molecule has 0 radical (unpaired) electrons. The lowest BCUT2D eigenvalue weighted by Crippen LogP contribution is -2.21. The predicted octanol–water partition coefficient (Wildman–Crippen LogP) is 6.58.